The molecule has 0 spiro atoms. The van der Waals surface area contributed by atoms with Crippen molar-refractivity contribution in [2.24, 2.45) is 0 Å². The average molecular weight is 400 g/mol. The fourth-order valence-electron chi connectivity index (χ4n) is 3.73. The molecule has 152 valence electrons. The maximum absolute atomic E-state index is 5.63. The number of hydrogen-bond donors (Lipinski definition) is 3. The minimum Gasteiger partial charge on any atom is -0.493 e. The molecule has 0 saturated carbocycles. The van der Waals surface area contributed by atoms with Crippen LogP contribution in [0.4, 0.5) is 0 Å². The Balaban J connectivity index is 1.40. The zero-order valence-electron chi connectivity index (χ0n) is 16.9. The van der Waals surface area contributed by atoms with Crippen LogP contribution in [0.25, 0.3) is 33.5 Å². The minimum atomic E-state index is 0.650. The first-order valence-electron chi connectivity index (χ1n) is 10.3. The summed E-state index contributed by atoms with van der Waals surface area (Å²) in [5, 5.41) is 19.5. The van der Waals surface area contributed by atoms with E-state index >= 15 is 0 Å². The van der Waals surface area contributed by atoms with Gasteiger partial charge in [0, 0.05) is 29.5 Å². The summed E-state index contributed by atoms with van der Waals surface area (Å²) in [4.78, 5) is 4.64. The Labute approximate surface area is 174 Å². The second-order valence-corrected chi connectivity index (χ2v) is 7.37. The highest BCUT2D eigenvalue weighted by atomic mass is 16.5. The number of allylic oxidation sites excluding steroid dienone is 1. The highest BCUT2D eigenvalue weighted by Crippen LogP contribution is 2.34. The van der Waals surface area contributed by atoms with Crippen molar-refractivity contribution < 1.29 is 4.74 Å². The Bertz CT molecular complexity index is 1210. The van der Waals surface area contributed by atoms with Crippen molar-refractivity contribution in [2.45, 2.75) is 26.3 Å². The predicted molar refractivity (Wildman–Crippen MR) is 117 cm³/mol. The fourth-order valence-corrected chi connectivity index (χ4v) is 3.73. The summed E-state index contributed by atoms with van der Waals surface area (Å²) in [7, 11) is 0. The van der Waals surface area contributed by atoms with Crippen LogP contribution in [0, 0.1) is 0 Å². The van der Waals surface area contributed by atoms with Gasteiger partial charge in [0.1, 0.15) is 11.6 Å². The Morgan fingerprint density at radius 3 is 2.93 bits per heavy atom. The SMILES string of the molecule is CC/C=C\CNCc1nc(-c2ccc3[nH]nc(-c4ccc5c(c4)CCO5)c3c2)n[nH]1. The molecule has 0 aliphatic carbocycles. The van der Waals surface area contributed by atoms with Crippen molar-refractivity contribution >= 4 is 10.9 Å². The minimum absolute atomic E-state index is 0.650. The lowest BCUT2D eigenvalue weighted by atomic mass is 10.0. The molecule has 0 atom stereocenters. The van der Waals surface area contributed by atoms with E-state index < -0.39 is 0 Å². The lowest BCUT2D eigenvalue weighted by Gasteiger charge is -2.03. The van der Waals surface area contributed by atoms with Gasteiger partial charge in [0.25, 0.3) is 0 Å². The van der Waals surface area contributed by atoms with E-state index in [2.05, 4.69) is 68.0 Å². The summed E-state index contributed by atoms with van der Waals surface area (Å²) in [5.41, 5.74) is 5.21. The van der Waals surface area contributed by atoms with Crippen molar-refractivity contribution in [2.75, 3.05) is 13.2 Å². The summed E-state index contributed by atoms with van der Waals surface area (Å²) in [6.45, 7) is 4.35. The summed E-state index contributed by atoms with van der Waals surface area (Å²) in [6.07, 6.45) is 6.26. The van der Waals surface area contributed by atoms with E-state index in [1.807, 2.05) is 18.2 Å². The molecule has 30 heavy (non-hydrogen) atoms. The molecule has 7 nitrogen and oxygen atoms in total. The van der Waals surface area contributed by atoms with Crippen LogP contribution in [0.3, 0.4) is 0 Å². The number of hydrogen-bond acceptors (Lipinski definition) is 5. The van der Waals surface area contributed by atoms with Gasteiger partial charge in [-0.1, -0.05) is 19.1 Å². The number of fused-ring (bicyclic) bond motifs is 2. The van der Waals surface area contributed by atoms with Crippen molar-refractivity contribution in [3.05, 3.63) is 59.9 Å². The Morgan fingerprint density at radius 1 is 1.07 bits per heavy atom. The molecule has 0 unspecified atom stereocenters. The molecule has 4 aromatic rings. The topological polar surface area (TPSA) is 91.5 Å². The van der Waals surface area contributed by atoms with Gasteiger partial charge in [0.15, 0.2) is 5.82 Å². The molecule has 0 bridgehead atoms. The Kier molecular flexibility index (Phi) is 5.03. The number of aromatic amines is 2. The van der Waals surface area contributed by atoms with Crippen LogP contribution < -0.4 is 10.1 Å². The highest BCUT2D eigenvalue weighted by molar-refractivity contribution is 5.95. The zero-order valence-corrected chi connectivity index (χ0v) is 16.9. The fraction of sp³-hybridized carbons (Fsp3) is 0.261. The third-order valence-electron chi connectivity index (χ3n) is 5.27. The molecule has 0 radical (unpaired) electrons. The number of H-pyrrole nitrogens is 2. The molecule has 7 heteroatoms. The standard InChI is InChI=1S/C23H24N6O/c1-2-3-4-10-24-14-21-25-23(29-27-21)17-5-7-19-18(13-17)22(28-26-19)16-6-8-20-15(12-16)9-11-30-20/h3-8,12-13,24H,2,9-11,14H2,1H3,(H,26,28)(H,25,27,29)/b4-3-. The van der Waals surface area contributed by atoms with Gasteiger partial charge in [-0.25, -0.2) is 4.98 Å². The Morgan fingerprint density at radius 2 is 2.00 bits per heavy atom. The maximum Gasteiger partial charge on any atom is 0.181 e. The molecule has 5 rings (SSSR count). The normalized spacial score (nSPS) is 13.2. The monoisotopic (exact) mass is 400 g/mol. The van der Waals surface area contributed by atoms with Gasteiger partial charge in [0.05, 0.1) is 24.4 Å². The van der Waals surface area contributed by atoms with E-state index in [1.165, 1.54) is 5.56 Å². The molecular weight excluding hydrogens is 376 g/mol. The molecule has 0 saturated heterocycles. The zero-order chi connectivity index (χ0) is 20.3. The lowest BCUT2D eigenvalue weighted by Crippen LogP contribution is -2.13. The molecule has 0 amide bonds. The van der Waals surface area contributed by atoms with Gasteiger partial charge in [-0.05, 0) is 48.4 Å². The summed E-state index contributed by atoms with van der Waals surface area (Å²) < 4.78 is 5.63. The van der Waals surface area contributed by atoms with Crippen LogP contribution in [0.5, 0.6) is 5.75 Å². The summed E-state index contributed by atoms with van der Waals surface area (Å²) in [5.74, 6) is 2.49. The van der Waals surface area contributed by atoms with Crippen molar-refractivity contribution in [3.63, 3.8) is 0 Å². The van der Waals surface area contributed by atoms with Gasteiger partial charge >= 0.3 is 0 Å². The van der Waals surface area contributed by atoms with Gasteiger partial charge < -0.3 is 10.1 Å². The van der Waals surface area contributed by atoms with E-state index in [1.54, 1.807) is 0 Å². The van der Waals surface area contributed by atoms with E-state index in [4.69, 9.17) is 4.74 Å². The van der Waals surface area contributed by atoms with E-state index in [0.717, 1.165) is 65.3 Å². The lowest BCUT2D eigenvalue weighted by molar-refractivity contribution is 0.357. The second kappa shape index (κ2) is 8.12. The third-order valence-corrected chi connectivity index (χ3v) is 5.27. The smallest absolute Gasteiger partial charge is 0.181 e. The van der Waals surface area contributed by atoms with Crippen molar-refractivity contribution in [1.82, 2.24) is 30.7 Å². The quantitative estimate of drug-likeness (QED) is 0.322. The molecule has 2 aromatic carbocycles. The van der Waals surface area contributed by atoms with E-state index in [0.29, 0.717) is 12.4 Å². The van der Waals surface area contributed by atoms with Gasteiger partial charge in [0.2, 0.25) is 0 Å². The molecule has 0 fully saturated rings. The largest absolute Gasteiger partial charge is 0.493 e. The molecule has 2 aromatic heterocycles. The van der Waals surface area contributed by atoms with Crippen LogP contribution in [-0.4, -0.2) is 38.5 Å². The van der Waals surface area contributed by atoms with E-state index in [9.17, 15) is 0 Å². The number of ether oxygens (including phenoxy) is 1. The molecule has 3 heterocycles. The molecular formula is C23H24N6O. The first kappa shape index (κ1) is 18.6. The Hall–Kier alpha value is -3.45. The van der Waals surface area contributed by atoms with Crippen LogP contribution in [-0.2, 0) is 13.0 Å². The third kappa shape index (κ3) is 3.59. The number of nitrogens with zero attached hydrogens (tertiary/aromatic N) is 3. The van der Waals surface area contributed by atoms with Gasteiger partial charge in [-0.2, -0.15) is 10.2 Å². The number of benzene rings is 2. The maximum atomic E-state index is 5.63. The van der Waals surface area contributed by atoms with Crippen molar-refractivity contribution in [3.8, 4) is 28.4 Å². The number of aromatic nitrogens is 5. The van der Waals surface area contributed by atoms with Gasteiger partial charge in [-0.3, -0.25) is 10.2 Å². The molecule has 1 aliphatic heterocycles. The first-order chi connectivity index (χ1) is 14.8. The van der Waals surface area contributed by atoms with Crippen LogP contribution in [0.15, 0.2) is 48.6 Å². The van der Waals surface area contributed by atoms with Crippen LogP contribution in [0.2, 0.25) is 0 Å². The van der Waals surface area contributed by atoms with Crippen LogP contribution in [0.1, 0.15) is 24.7 Å². The van der Waals surface area contributed by atoms with E-state index in [-0.39, 0.29) is 0 Å². The summed E-state index contributed by atoms with van der Waals surface area (Å²) in [6, 6.07) is 12.4. The van der Waals surface area contributed by atoms with Crippen LogP contribution >= 0.6 is 0 Å². The summed E-state index contributed by atoms with van der Waals surface area (Å²) >= 11 is 0. The highest BCUT2D eigenvalue weighted by Gasteiger charge is 2.16. The molecule has 3 N–H and O–H groups in total. The number of nitrogens with one attached hydrogen (secondary N) is 3. The average Bonchev–Trinajstić information content (AvgIpc) is 3.51. The second-order valence-electron chi connectivity index (χ2n) is 7.37. The van der Waals surface area contributed by atoms with Crippen molar-refractivity contribution in [1.29, 1.82) is 0 Å². The van der Waals surface area contributed by atoms with Gasteiger partial charge in [-0.15, -0.1) is 0 Å². The first-order valence-corrected chi connectivity index (χ1v) is 10.3. The predicted octanol–water partition coefficient (Wildman–Crippen LogP) is 4.01. The number of rotatable bonds is 7. The molecule has 1 aliphatic rings.